The van der Waals surface area contributed by atoms with Gasteiger partial charge in [0, 0.05) is 32.4 Å². The number of amides is 1. The topological polar surface area (TPSA) is 49.3 Å². The number of nitrogens with zero attached hydrogens (tertiary/aromatic N) is 4. The van der Waals surface area contributed by atoms with Crippen molar-refractivity contribution in [2.45, 2.75) is 44.9 Å². The molecule has 2 fully saturated rings. The molecule has 148 valence electrons. The van der Waals surface area contributed by atoms with Crippen LogP contribution in [0.5, 0.6) is 0 Å². The van der Waals surface area contributed by atoms with Gasteiger partial charge in [-0.2, -0.15) is 0 Å². The van der Waals surface area contributed by atoms with Crippen molar-refractivity contribution in [3.63, 3.8) is 0 Å². The van der Waals surface area contributed by atoms with Crippen molar-refractivity contribution < 1.29 is 4.79 Å². The summed E-state index contributed by atoms with van der Waals surface area (Å²) in [5.74, 6) is 1.48. The van der Waals surface area contributed by atoms with Gasteiger partial charge in [-0.3, -0.25) is 4.79 Å². The van der Waals surface area contributed by atoms with E-state index in [4.69, 9.17) is 0 Å². The lowest BCUT2D eigenvalue weighted by Crippen LogP contribution is -2.36. The highest BCUT2D eigenvalue weighted by atomic mass is 16.2. The minimum Gasteiger partial charge on any atom is -0.341 e. The first-order valence-corrected chi connectivity index (χ1v) is 10.7. The Bertz CT molecular complexity index is 763. The van der Waals surface area contributed by atoms with Crippen molar-refractivity contribution in [1.82, 2.24) is 14.9 Å². The summed E-state index contributed by atoms with van der Waals surface area (Å²) in [5.41, 5.74) is 1.96. The fourth-order valence-corrected chi connectivity index (χ4v) is 4.34. The summed E-state index contributed by atoms with van der Waals surface area (Å²) in [4.78, 5) is 26.2. The molecule has 0 atom stereocenters. The second kappa shape index (κ2) is 9.18. The highest BCUT2D eigenvalue weighted by Gasteiger charge is 2.23. The second-order valence-corrected chi connectivity index (χ2v) is 8.07. The molecule has 0 radical (unpaired) electrons. The first kappa shape index (κ1) is 18.9. The van der Waals surface area contributed by atoms with Gasteiger partial charge < -0.3 is 9.80 Å². The zero-order valence-corrected chi connectivity index (χ0v) is 16.6. The van der Waals surface area contributed by atoms with E-state index in [0.29, 0.717) is 17.6 Å². The van der Waals surface area contributed by atoms with Crippen LogP contribution in [0.3, 0.4) is 0 Å². The summed E-state index contributed by atoms with van der Waals surface area (Å²) in [7, 11) is 0. The van der Waals surface area contributed by atoms with Gasteiger partial charge in [-0.1, -0.05) is 43.2 Å². The van der Waals surface area contributed by atoms with Crippen molar-refractivity contribution in [3.8, 4) is 0 Å². The minimum absolute atomic E-state index is 0.0597. The monoisotopic (exact) mass is 378 g/mol. The summed E-state index contributed by atoms with van der Waals surface area (Å²) in [5, 5.41) is 0. The molecule has 0 aliphatic carbocycles. The predicted octanol–water partition coefficient (Wildman–Crippen LogP) is 3.95. The maximum absolute atomic E-state index is 12.9. The molecule has 0 unspecified atom stereocenters. The summed E-state index contributed by atoms with van der Waals surface area (Å²) >= 11 is 0. The van der Waals surface area contributed by atoms with E-state index < -0.39 is 0 Å². The Morgan fingerprint density at radius 1 is 0.929 bits per heavy atom. The SMILES string of the molecule is O=C(c1ccnc(N2CCC(Cc3ccccc3)CC2)n1)N1CCCCCC1. The normalized spacial score (nSPS) is 18.7. The lowest BCUT2D eigenvalue weighted by atomic mass is 9.90. The van der Waals surface area contributed by atoms with E-state index in [1.165, 1.54) is 18.4 Å². The molecule has 5 nitrogen and oxygen atoms in total. The van der Waals surface area contributed by atoms with Crippen molar-refractivity contribution in [1.29, 1.82) is 0 Å². The fraction of sp³-hybridized carbons (Fsp3) is 0.522. The number of rotatable bonds is 4. The third kappa shape index (κ3) is 4.70. The Kier molecular flexibility index (Phi) is 6.20. The molecule has 0 spiro atoms. The molecule has 1 amide bonds. The van der Waals surface area contributed by atoms with Crippen LogP contribution in [0.4, 0.5) is 5.95 Å². The fourth-order valence-electron chi connectivity index (χ4n) is 4.34. The van der Waals surface area contributed by atoms with Gasteiger partial charge >= 0.3 is 0 Å². The van der Waals surface area contributed by atoms with Crippen LogP contribution >= 0.6 is 0 Å². The molecule has 0 saturated carbocycles. The van der Waals surface area contributed by atoms with Crippen LogP contribution < -0.4 is 4.90 Å². The number of benzene rings is 1. The van der Waals surface area contributed by atoms with Gasteiger partial charge in [0.25, 0.3) is 5.91 Å². The maximum atomic E-state index is 12.9. The molecule has 2 aromatic rings. The van der Waals surface area contributed by atoms with Gasteiger partial charge in [-0.05, 0) is 49.7 Å². The summed E-state index contributed by atoms with van der Waals surface area (Å²) in [6.07, 6.45) is 9.79. The first-order valence-electron chi connectivity index (χ1n) is 10.7. The van der Waals surface area contributed by atoms with E-state index in [1.807, 2.05) is 4.90 Å². The molecule has 3 heterocycles. The number of carbonyl (C=O) groups excluding carboxylic acids is 1. The molecule has 2 aliphatic heterocycles. The Morgan fingerprint density at radius 2 is 1.64 bits per heavy atom. The highest BCUT2D eigenvalue weighted by molar-refractivity contribution is 5.92. The van der Waals surface area contributed by atoms with Crippen LogP contribution in [0.25, 0.3) is 0 Å². The number of piperidine rings is 1. The van der Waals surface area contributed by atoms with Crippen LogP contribution in [0.2, 0.25) is 0 Å². The molecule has 4 rings (SSSR count). The van der Waals surface area contributed by atoms with Gasteiger partial charge in [-0.25, -0.2) is 9.97 Å². The van der Waals surface area contributed by atoms with E-state index in [2.05, 4.69) is 45.2 Å². The lowest BCUT2D eigenvalue weighted by molar-refractivity contribution is 0.0755. The zero-order valence-electron chi connectivity index (χ0n) is 16.6. The van der Waals surface area contributed by atoms with Gasteiger partial charge in [0.2, 0.25) is 5.95 Å². The van der Waals surface area contributed by atoms with E-state index in [1.54, 1.807) is 12.3 Å². The van der Waals surface area contributed by atoms with Crippen LogP contribution in [0, 0.1) is 5.92 Å². The highest BCUT2D eigenvalue weighted by Crippen LogP contribution is 2.24. The number of hydrogen-bond donors (Lipinski definition) is 0. The molecule has 5 heteroatoms. The Labute approximate surface area is 167 Å². The number of likely N-dealkylation sites (tertiary alicyclic amines) is 1. The molecular formula is C23H30N4O. The second-order valence-electron chi connectivity index (χ2n) is 8.07. The van der Waals surface area contributed by atoms with Crippen LogP contribution in [0.1, 0.15) is 54.6 Å². The average Bonchev–Trinajstić information content (AvgIpc) is 3.04. The molecule has 28 heavy (non-hydrogen) atoms. The predicted molar refractivity (Wildman–Crippen MR) is 111 cm³/mol. The zero-order chi connectivity index (χ0) is 19.2. The van der Waals surface area contributed by atoms with Gasteiger partial charge in [-0.15, -0.1) is 0 Å². The Hall–Kier alpha value is -2.43. The molecule has 1 aromatic carbocycles. The Balaban J connectivity index is 1.36. The van der Waals surface area contributed by atoms with Gasteiger partial charge in [0.15, 0.2) is 0 Å². The van der Waals surface area contributed by atoms with Gasteiger partial charge in [0.05, 0.1) is 0 Å². The van der Waals surface area contributed by atoms with E-state index in [9.17, 15) is 4.79 Å². The molecular weight excluding hydrogens is 348 g/mol. The van der Waals surface area contributed by atoms with E-state index in [0.717, 1.165) is 58.3 Å². The van der Waals surface area contributed by atoms with Crippen molar-refractivity contribution >= 4 is 11.9 Å². The van der Waals surface area contributed by atoms with Crippen LogP contribution in [-0.4, -0.2) is 47.0 Å². The summed E-state index contributed by atoms with van der Waals surface area (Å²) in [6, 6.07) is 12.5. The van der Waals surface area contributed by atoms with E-state index in [-0.39, 0.29) is 5.91 Å². The number of hydrogen-bond acceptors (Lipinski definition) is 4. The number of carbonyl (C=O) groups is 1. The molecule has 0 bridgehead atoms. The largest absolute Gasteiger partial charge is 0.341 e. The molecule has 2 aliphatic rings. The molecule has 0 N–H and O–H groups in total. The number of anilines is 1. The molecule has 1 aromatic heterocycles. The standard InChI is InChI=1S/C23H30N4O/c28-22(26-14-6-1-2-7-15-26)21-10-13-24-23(25-21)27-16-11-20(12-17-27)18-19-8-4-3-5-9-19/h3-5,8-10,13,20H,1-2,6-7,11-12,14-18H2. The minimum atomic E-state index is 0.0597. The number of aromatic nitrogens is 2. The molecule has 2 saturated heterocycles. The summed E-state index contributed by atoms with van der Waals surface area (Å²) in [6.45, 7) is 3.61. The maximum Gasteiger partial charge on any atom is 0.272 e. The van der Waals surface area contributed by atoms with Gasteiger partial charge in [0.1, 0.15) is 5.69 Å². The summed E-state index contributed by atoms with van der Waals surface area (Å²) < 4.78 is 0. The van der Waals surface area contributed by atoms with Crippen LogP contribution in [-0.2, 0) is 6.42 Å². The van der Waals surface area contributed by atoms with Crippen molar-refractivity contribution in [2.24, 2.45) is 5.92 Å². The average molecular weight is 379 g/mol. The van der Waals surface area contributed by atoms with E-state index >= 15 is 0 Å². The first-order chi connectivity index (χ1) is 13.8. The smallest absolute Gasteiger partial charge is 0.272 e. The third-order valence-corrected chi connectivity index (χ3v) is 6.02. The quantitative estimate of drug-likeness (QED) is 0.808. The van der Waals surface area contributed by atoms with Crippen molar-refractivity contribution in [2.75, 3.05) is 31.1 Å². The third-order valence-electron chi connectivity index (χ3n) is 6.02. The lowest BCUT2D eigenvalue weighted by Gasteiger charge is -2.32. The Morgan fingerprint density at radius 3 is 2.36 bits per heavy atom. The van der Waals surface area contributed by atoms with Crippen LogP contribution in [0.15, 0.2) is 42.6 Å². The van der Waals surface area contributed by atoms with Crippen molar-refractivity contribution in [3.05, 3.63) is 53.9 Å².